The summed E-state index contributed by atoms with van der Waals surface area (Å²) in [5, 5.41) is 6.85. The summed E-state index contributed by atoms with van der Waals surface area (Å²) >= 11 is 0. The molecule has 6 heteroatoms. The molecule has 0 radical (unpaired) electrons. The van der Waals surface area contributed by atoms with Gasteiger partial charge in [-0.1, -0.05) is 5.16 Å². The Labute approximate surface area is 92.9 Å². The van der Waals surface area contributed by atoms with Crippen molar-refractivity contribution in [3.05, 3.63) is 17.5 Å². The van der Waals surface area contributed by atoms with Crippen LogP contribution in [0.1, 0.15) is 11.3 Å². The van der Waals surface area contributed by atoms with E-state index in [-0.39, 0.29) is 5.95 Å². The molecule has 2 heterocycles. The monoisotopic (exact) mass is 219 g/mol. The van der Waals surface area contributed by atoms with E-state index >= 15 is 0 Å². The Morgan fingerprint density at radius 2 is 2.12 bits per heavy atom. The van der Waals surface area contributed by atoms with E-state index in [4.69, 9.17) is 10.3 Å². The maximum atomic E-state index is 5.52. The van der Waals surface area contributed by atoms with Gasteiger partial charge in [0.2, 0.25) is 5.95 Å². The smallest absolute Gasteiger partial charge is 0.221 e. The summed E-state index contributed by atoms with van der Waals surface area (Å²) < 4.78 is 5.25. The molecule has 2 aromatic rings. The van der Waals surface area contributed by atoms with E-state index in [9.17, 15) is 0 Å². The minimum atomic E-state index is 0.224. The van der Waals surface area contributed by atoms with Gasteiger partial charge in [0.15, 0.2) is 5.76 Å². The molecule has 0 unspecified atom stereocenters. The molecule has 0 fully saturated rings. The largest absolute Gasteiger partial charge is 0.372 e. The minimum absolute atomic E-state index is 0.224. The minimum Gasteiger partial charge on any atom is -0.372 e. The summed E-state index contributed by atoms with van der Waals surface area (Å²) in [4.78, 5) is 8.04. The van der Waals surface area contributed by atoms with Gasteiger partial charge in [-0.2, -0.15) is 4.98 Å². The Balaban J connectivity index is 2.59. The highest BCUT2D eigenvalue weighted by Crippen LogP contribution is 2.29. The zero-order chi connectivity index (χ0) is 11.7. The number of nitrogens with one attached hydrogen (secondary N) is 1. The van der Waals surface area contributed by atoms with Gasteiger partial charge >= 0.3 is 0 Å². The number of nitrogens with two attached hydrogens (primary N) is 1. The van der Waals surface area contributed by atoms with Crippen LogP contribution in [0.25, 0.3) is 11.3 Å². The van der Waals surface area contributed by atoms with Crippen molar-refractivity contribution in [2.75, 3.05) is 18.1 Å². The normalized spacial score (nSPS) is 10.4. The molecular weight excluding hydrogens is 206 g/mol. The van der Waals surface area contributed by atoms with Gasteiger partial charge in [-0.3, -0.25) is 0 Å². The lowest BCUT2D eigenvalue weighted by molar-refractivity contribution is 0.426. The molecule has 0 saturated heterocycles. The third-order valence-corrected chi connectivity index (χ3v) is 2.45. The number of anilines is 2. The number of hydrogen-bond acceptors (Lipinski definition) is 6. The Bertz CT molecular complexity index is 520. The summed E-state index contributed by atoms with van der Waals surface area (Å²) in [7, 11) is 1.77. The van der Waals surface area contributed by atoms with E-state index in [1.807, 2.05) is 13.8 Å². The molecule has 0 amide bonds. The number of hydrogen-bond donors (Lipinski definition) is 2. The summed E-state index contributed by atoms with van der Waals surface area (Å²) in [5.74, 6) is 1.52. The summed E-state index contributed by atoms with van der Waals surface area (Å²) in [6.45, 7) is 3.83. The van der Waals surface area contributed by atoms with E-state index < -0.39 is 0 Å². The van der Waals surface area contributed by atoms with Crippen LogP contribution < -0.4 is 11.1 Å². The lowest BCUT2D eigenvalue weighted by atomic mass is 10.1. The average Bonchev–Trinajstić information content (AvgIpc) is 2.60. The van der Waals surface area contributed by atoms with Crippen LogP contribution in [-0.2, 0) is 0 Å². The predicted molar refractivity (Wildman–Crippen MR) is 61.0 cm³/mol. The van der Waals surface area contributed by atoms with Crippen LogP contribution in [0.4, 0.5) is 11.8 Å². The van der Waals surface area contributed by atoms with Crippen molar-refractivity contribution in [2.24, 2.45) is 0 Å². The maximum Gasteiger partial charge on any atom is 0.221 e. The molecule has 0 aromatic carbocycles. The van der Waals surface area contributed by atoms with Crippen LogP contribution in [0, 0.1) is 13.8 Å². The zero-order valence-corrected chi connectivity index (χ0v) is 9.40. The first-order chi connectivity index (χ1) is 7.63. The number of nitrogen functional groups attached to an aromatic ring is 1. The van der Waals surface area contributed by atoms with Crippen LogP contribution in [-0.4, -0.2) is 22.2 Å². The van der Waals surface area contributed by atoms with Crippen molar-refractivity contribution >= 4 is 11.8 Å². The van der Waals surface area contributed by atoms with Crippen molar-refractivity contribution in [3.8, 4) is 11.3 Å². The van der Waals surface area contributed by atoms with Gasteiger partial charge in [-0.15, -0.1) is 0 Å². The van der Waals surface area contributed by atoms with Crippen molar-refractivity contribution in [3.63, 3.8) is 0 Å². The molecule has 84 valence electrons. The van der Waals surface area contributed by atoms with Gasteiger partial charge < -0.3 is 15.6 Å². The number of aromatic nitrogens is 3. The van der Waals surface area contributed by atoms with Crippen LogP contribution in [0.3, 0.4) is 0 Å². The fourth-order valence-corrected chi connectivity index (χ4v) is 1.42. The Kier molecular flexibility index (Phi) is 2.47. The Morgan fingerprint density at radius 1 is 1.38 bits per heavy atom. The molecule has 0 aliphatic heterocycles. The molecule has 2 aromatic heterocycles. The standard InChI is InChI=1S/C10H13N5O/c1-5-6(2)15-16-8(5)7-4-13-10(11)14-9(7)12-3/h4H,1-3H3,(H3,11,12,13,14). The van der Waals surface area contributed by atoms with Gasteiger partial charge in [-0.25, -0.2) is 4.98 Å². The molecule has 0 bridgehead atoms. The third-order valence-electron chi connectivity index (χ3n) is 2.45. The summed E-state index contributed by atoms with van der Waals surface area (Å²) in [5.41, 5.74) is 8.11. The van der Waals surface area contributed by atoms with Crippen LogP contribution >= 0.6 is 0 Å². The molecule has 2 rings (SSSR count). The van der Waals surface area contributed by atoms with E-state index in [1.54, 1.807) is 13.2 Å². The van der Waals surface area contributed by atoms with E-state index in [0.29, 0.717) is 11.6 Å². The molecule has 0 spiro atoms. The second-order valence-electron chi connectivity index (χ2n) is 3.46. The molecule has 0 saturated carbocycles. The lowest BCUT2D eigenvalue weighted by Gasteiger charge is -2.05. The average molecular weight is 219 g/mol. The molecule has 0 atom stereocenters. The first-order valence-corrected chi connectivity index (χ1v) is 4.87. The molecule has 3 N–H and O–H groups in total. The van der Waals surface area contributed by atoms with Crippen LogP contribution in [0.15, 0.2) is 10.7 Å². The highest BCUT2D eigenvalue weighted by atomic mass is 16.5. The molecule has 0 aliphatic carbocycles. The topological polar surface area (TPSA) is 89.9 Å². The van der Waals surface area contributed by atoms with Gasteiger partial charge in [0.05, 0.1) is 11.3 Å². The van der Waals surface area contributed by atoms with Gasteiger partial charge in [0.25, 0.3) is 0 Å². The lowest BCUT2D eigenvalue weighted by Crippen LogP contribution is -2.01. The van der Waals surface area contributed by atoms with Crippen molar-refractivity contribution in [2.45, 2.75) is 13.8 Å². The number of nitrogens with zero attached hydrogens (tertiary/aromatic N) is 3. The molecule has 0 aliphatic rings. The van der Waals surface area contributed by atoms with E-state index in [0.717, 1.165) is 16.8 Å². The molecule has 16 heavy (non-hydrogen) atoms. The maximum absolute atomic E-state index is 5.52. The highest BCUT2D eigenvalue weighted by Gasteiger charge is 2.15. The fraction of sp³-hybridized carbons (Fsp3) is 0.300. The predicted octanol–water partition coefficient (Wildman–Crippen LogP) is 1.37. The second kappa shape index (κ2) is 3.80. The first kappa shape index (κ1) is 10.4. The number of rotatable bonds is 2. The van der Waals surface area contributed by atoms with Gasteiger partial charge in [-0.05, 0) is 13.8 Å². The fourth-order valence-electron chi connectivity index (χ4n) is 1.42. The second-order valence-corrected chi connectivity index (χ2v) is 3.46. The summed E-state index contributed by atoms with van der Waals surface area (Å²) in [6.07, 6.45) is 1.63. The Hall–Kier alpha value is -2.11. The quantitative estimate of drug-likeness (QED) is 0.792. The SMILES string of the molecule is CNc1nc(N)ncc1-c1onc(C)c1C. The third kappa shape index (κ3) is 1.58. The molecular formula is C10H13N5O. The number of aryl methyl sites for hydroxylation is 1. The van der Waals surface area contributed by atoms with Gasteiger partial charge in [0, 0.05) is 18.8 Å². The molecule has 6 nitrogen and oxygen atoms in total. The van der Waals surface area contributed by atoms with Gasteiger partial charge in [0.1, 0.15) is 5.82 Å². The van der Waals surface area contributed by atoms with Crippen LogP contribution in [0.2, 0.25) is 0 Å². The van der Waals surface area contributed by atoms with E-state index in [2.05, 4.69) is 20.4 Å². The van der Waals surface area contributed by atoms with Crippen molar-refractivity contribution in [1.82, 2.24) is 15.1 Å². The first-order valence-electron chi connectivity index (χ1n) is 4.87. The van der Waals surface area contributed by atoms with E-state index in [1.165, 1.54) is 0 Å². The summed E-state index contributed by atoms with van der Waals surface area (Å²) in [6, 6.07) is 0. The highest BCUT2D eigenvalue weighted by molar-refractivity contribution is 5.73. The van der Waals surface area contributed by atoms with Crippen molar-refractivity contribution in [1.29, 1.82) is 0 Å². The van der Waals surface area contributed by atoms with Crippen molar-refractivity contribution < 1.29 is 4.52 Å². The zero-order valence-electron chi connectivity index (χ0n) is 9.40. The van der Waals surface area contributed by atoms with Crippen LogP contribution in [0.5, 0.6) is 0 Å². The Morgan fingerprint density at radius 3 is 2.69 bits per heavy atom.